The standard InChI is InChI=1S/C30H40O8/c1-3-37-26(35)29(20-10-14-24(29)33)18-7-5-16-28(22(31)12-9-13-23(28)32)17-6-8-19-30(27(36)38-4-2)21-11-15-25(30)34/h5-8H,3-4,9-21H2,1-2H3/b7-5+,8-6+. The molecule has 0 heterocycles. The fourth-order valence-corrected chi connectivity index (χ4v) is 6.15. The van der Waals surface area contributed by atoms with E-state index in [-0.39, 0.29) is 62.0 Å². The Labute approximate surface area is 224 Å². The number of Topliss-reactive ketones (excluding diaryl/α,β-unsaturated/α-hetero) is 4. The first-order chi connectivity index (χ1) is 18.2. The van der Waals surface area contributed by atoms with E-state index >= 15 is 0 Å². The van der Waals surface area contributed by atoms with Gasteiger partial charge in [-0.1, -0.05) is 24.3 Å². The van der Waals surface area contributed by atoms with Crippen LogP contribution in [0.15, 0.2) is 24.3 Å². The lowest BCUT2D eigenvalue weighted by atomic mass is 9.67. The summed E-state index contributed by atoms with van der Waals surface area (Å²) in [6.07, 6.45) is 11.6. The molecule has 0 aromatic carbocycles. The van der Waals surface area contributed by atoms with Crippen LogP contribution in [-0.4, -0.2) is 48.3 Å². The monoisotopic (exact) mass is 528 g/mol. The van der Waals surface area contributed by atoms with Crippen molar-refractivity contribution in [2.24, 2.45) is 16.2 Å². The maximum atomic E-state index is 13.1. The average Bonchev–Trinajstić information content (AvgIpc) is 3.45. The molecule has 3 aliphatic rings. The van der Waals surface area contributed by atoms with E-state index in [1.165, 1.54) is 0 Å². The molecule has 2 unspecified atom stereocenters. The summed E-state index contributed by atoms with van der Waals surface area (Å²) in [5, 5.41) is 0. The molecule has 208 valence electrons. The van der Waals surface area contributed by atoms with E-state index in [0.29, 0.717) is 57.8 Å². The van der Waals surface area contributed by atoms with Gasteiger partial charge in [0.2, 0.25) is 0 Å². The van der Waals surface area contributed by atoms with Crippen molar-refractivity contribution >= 4 is 35.1 Å². The minimum Gasteiger partial charge on any atom is -0.465 e. The van der Waals surface area contributed by atoms with Gasteiger partial charge in [0.1, 0.15) is 22.4 Å². The smallest absolute Gasteiger partial charge is 0.319 e. The zero-order valence-corrected chi connectivity index (χ0v) is 22.7. The zero-order chi connectivity index (χ0) is 27.8. The highest BCUT2D eigenvalue weighted by atomic mass is 16.5. The van der Waals surface area contributed by atoms with Crippen LogP contribution in [0.25, 0.3) is 0 Å². The van der Waals surface area contributed by atoms with E-state index in [1.54, 1.807) is 38.2 Å². The maximum Gasteiger partial charge on any atom is 0.319 e. The second-order valence-corrected chi connectivity index (χ2v) is 10.7. The van der Waals surface area contributed by atoms with Crippen LogP contribution in [-0.2, 0) is 38.2 Å². The minimum atomic E-state index is -1.22. The molecular formula is C30H40O8. The molecule has 0 radical (unpaired) electrons. The van der Waals surface area contributed by atoms with Crippen molar-refractivity contribution < 1.29 is 38.2 Å². The van der Waals surface area contributed by atoms with Crippen molar-refractivity contribution in [3.63, 3.8) is 0 Å². The summed E-state index contributed by atoms with van der Waals surface area (Å²) in [5.74, 6) is -1.52. The SMILES string of the molecule is CCOC(=O)C1(C/C=C/CC2(C/C=C/CC3(C(=O)OCC)CCCC3=O)C(=O)CCCC2=O)CCCC1=O. The van der Waals surface area contributed by atoms with E-state index in [9.17, 15) is 28.8 Å². The third-order valence-corrected chi connectivity index (χ3v) is 8.49. The van der Waals surface area contributed by atoms with Gasteiger partial charge in [0, 0.05) is 25.7 Å². The van der Waals surface area contributed by atoms with Crippen LogP contribution in [0.3, 0.4) is 0 Å². The molecule has 0 aromatic rings. The van der Waals surface area contributed by atoms with E-state index in [1.807, 2.05) is 0 Å². The maximum absolute atomic E-state index is 13.1. The van der Waals surface area contributed by atoms with E-state index < -0.39 is 28.2 Å². The van der Waals surface area contributed by atoms with Crippen molar-refractivity contribution in [3.8, 4) is 0 Å². The van der Waals surface area contributed by atoms with Gasteiger partial charge >= 0.3 is 11.9 Å². The van der Waals surface area contributed by atoms with Crippen LogP contribution >= 0.6 is 0 Å². The Balaban J connectivity index is 1.74. The molecule has 2 atom stereocenters. The van der Waals surface area contributed by atoms with Crippen molar-refractivity contribution in [2.75, 3.05) is 13.2 Å². The van der Waals surface area contributed by atoms with Gasteiger partial charge in [-0.05, 0) is 71.6 Å². The number of hydrogen-bond acceptors (Lipinski definition) is 8. The summed E-state index contributed by atoms with van der Waals surface area (Å²) in [5.41, 5.74) is -3.59. The van der Waals surface area contributed by atoms with Crippen LogP contribution in [0.1, 0.15) is 97.3 Å². The number of esters is 2. The normalized spacial score (nSPS) is 27.5. The first-order valence-corrected chi connectivity index (χ1v) is 14.0. The molecule has 8 nitrogen and oxygen atoms in total. The summed E-state index contributed by atoms with van der Waals surface area (Å²) < 4.78 is 10.4. The van der Waals surface area contributed by atoms with Gasteiger partial charge in [0.25, 0.3) is 0 Å². The van der Waals surface area contributed by atoms with Crippen LogP contribution in [0.2, 0.25) is 0 Å². The largest absolute Gasteiger partial charge is 0.465 e. The van der Waals surface area contributed by atoms with Gasteiger partial charge in [0.15, 0.2) is 11.6 Å². The molecule has 0 bridgehead atoms. The van der Waals surface area contributed by atoms with Crippen LogP contribution in [0.5, 0.6) is 0 Å². The van der Waals surface area contributed by atoms with Gasteiger partial charge in [-0.3, -0.25) is 28.8 Å². The molecule has 38 heavy (non-hydrogen) atoms. The van der Waals surface area contributed by atoms with Crippen molar-refractivity contribution in [1.29, 1.82) is 0 Å². The molecule has 8 heteroatoms. The fraction of sp³-hybridized carbons (Fsp3) is 0.667. The van der Waals surface area contributed by atoms with Crippen LogP contribution in [0, 0.1) is 16.2 Å². The summed E-state index contributed by atoms with van der Waals surface area (Å²) in [6, 6.07) is 0. The van der Waals surface area contributed by atoms with E-state index in [2.05, 4.69) is 0 Å². The number of hydrogen-bond donors (Lipinski definition) is 0. The lowest BCUT2D eigenvalue weighted by Crippen LogP contribution is -2.42. The van der Waals surface area contributed by atoms with Gasteiger partial charge in [-0.2, -0.15) is 0 Å². The summed E-state index contributed by atoms with van der Waals surface area (Å²) in [6.45, 7) is 3.80. The predicted molar refractivity (Wildman–Crippen MR) is 139 cm³/mol. The molecule has 0 saturated heterocycles. The molecule has 0 N–H and O–H groups in total. The average molecular weight is 529 g/mol. The Morgan fingerprint density at radius 3 is 1.32 bits per heavy atom. The van der Waals surface area contributed by atoms with Gasteiger partial charge in [0.05, 0.1) is 18.6 Å². The molecule has 0 aromatic heterocycles. The number of allylic oxidation sites excluding steroid dienone is 4. The Bertz CT molecular complexity index is 941. The summed E-state index contributed by atoms with van der Waals surface area (Å²) >= 11 is 0. The predicted octanol–water partition coefficient (Wildman–Crippen LogP) is 4.57. The van der Waals surface area contributed by atoms with E-state index in [4.69, 9.17) is 9.47 Å². The minimum absolute atomic E-state index is 0.125. The first kappa shape index (κ1) is 29.7. The zero-order valence-electron chi connectivity index (χ0n) is 22.7. The van der Waals surface area contributed by atoms with Crippen LogP contribution in [0.4, 0.5) is 0 Å². The Kier molecular flexibility index (Phi) is 9.96. The molecule has 0 aliphatic heterocycles. The molecular weight excluding hydrogens is 488 g/mol. The number of ether oxygens (including phenoxy) is 2. The highest BCUT2D eigenvalue weighted by molar-refractivity contribution is 6.09. The number of ketones is 4. The molecule has 3 fully saturated rings. The third-order valence-electron chi connectivity index (χ3n) is 8.49. The Morgan fingerprint density at radius 1 is 0.605 bits per heavy atom. The lowest BCUT2D eigenvalue weighted by molar-refractivity contribution is -0.160. The molecule has 0 amide bonds. The Hall–Kier alpha value is -2.90. The fourth-order valence-electron chi connectivity index (χ4n) is 6.15. The number of rotatable bonds is 12. The molecule has 3 aliphatic carbocycles. The summed E-state index contributed by atoms with van der Waals surface area (Å²) in [4.78, 5) is 76.6. The van der Waals surface area contributed by atoms with Crippen molar-refractivity contribution in [1.82, 2.24) is 0 Å². The van der Waals surface area contributed by atoms with Gasteiger partial charge in [-0.15, -0.1) is 0 Å². The third kappa shape index (κ3) is 5.74. The number of carbonyl (C=O) groups excluding carboxylic acids is 6. The van der Waals surface area contributed by atoms with E-state index in [0.717, 1.165) is 0 Å². The second-order valence-electron chi connectivity index (χ2n) is 10.7. The van der Waals surface area contributed by atoms with Crippen molar-refractivity contribution in [2.45, 2.75) is 97.3 Å². The quantitative estimate of drug-likeness (QED) is 0.205. The lowest BCUT2D eigenvalue weighted by Gasteiger charge is -2.33. The van der Waals surface area contributed by atoms with Crippen LogP contribution < -0.4 is 0 Å². The van der Waals surface area contributed by atoms with Gasteiger partial charge in [-0.25, -0.2) is 0 Å². The molecule has 3 rings (SSSR count). The highest BCUT2D eigenvalue weighted by Gasteiger charge is 2.50. The Morgan fingerprint density at radius 2 is 0.974 bits per heavy atom. The topological polar surface area (TPSA) is 121 Å². The first-order valence-electron chi connectivity index (χ1n) is 14.0. The number of carbonyl (C=O) groups is 6. The van der Waals surface area contributed by atoms with Crippen molar-refractivity contribution in [3.05, 3.63) is 24.3 Å². The molecule has 3 saturated carbocycles. The second kappa shape index (κ2) is 12.8. The molecule has 0 spiro atoms. The summed E-state index contributed by atoms with van der Waals surface area (Å²) in [7, 11) is 0. The van der Waals surface area contributed by atoms with Gasteiger partial charge < -0.3 is 9.47 Å². The highest BCUT2D eigenvalue weighted by Crippen LogP contribution is 2.42.